The van der Waals surface area contributed by atoms with Gasteiger partial charge in [0.15, 0.2) is 5.65 Å². The lowest BCUT2D eigenvalue weighted by atomic mass is 10.1. The van der Waals surface area contributed by atoms with E-state index in [1.165, 1.54) is 5.56 Å². The van der Waals surface area contributed by atoms with E-state index >= 15 is 0 Å². The molecule has 2 aromatic heterocycles. The fourth-order valence-electron chi connectivity index (χ4n) is 3.29. The van der Waals surface area contributed by atoms with Gasteiger partial charge in [-0.15, -0.1) is 10.2 Å². The van der Waals surface area contributed by atoms with Crippen molar-refractivity contribution in [2.24, 2.45) is 5.10 Å². The molecule has 5 rings (SSSR count). The summed E-state index contributed by atoms with van der Waals surface area (Å²) in [5, 5.41) is 13.7. The first-order valence-corrected chi connectivity index (χ1v) is 9.94. The summed E-state index contributed by atoms with van der Waals surface area (Å²) in [4.78, 5) is 7.71. The summed E-state index contributed by atoms with van der Waals surface area (Å²) in [5.41, 5.74) is 8.40. The Morgan fingerprint density at radius 3 is 2.68 bits per heavy atom. The molecule has 5 aromatic rings. The Kier molecular flexibility index (Phi) is 4.98. The molecule has 7 nitrogen and oxygen atoms in total. The maximum absolute atomic E-state index is 5.99. The third-order valence-electron chi connectivity index (χ3n) is 4.92. The Balaban J connectivity index is 1.30. The van der Waals surface area contributed by atoms with Gasteiger partial charge in [0.1, 0.15) is 17.9 Å². The molecule has 0 unspecified atom stereocenters. The third-order valence-corrected chi connectivity index (χ3v) is 4.92. The summed E-state index contributed by atoms with van der Waals surface area (Å²) in [7, 11) is 0. The smallest absolute Gasteiger partial charge is 0.265 e. The number of nitrogens with zero attached hydrogens (tertiary/aromatic N) is 4. The second kappa shape index (κ2) is 8.23. The number of nitrogens with one attached hydrogen (secondary N) is 2. The van der Waals surface area contributed by atoms with Crippen molar-refractivity contribution in [3.63, 3.8) is 0 Å². The molecule has 2 heterocycles. The van der Waals surface area contributed by atoms with E-state index in [4.69, 9.17) is 4.74 Å². The molecule has 0 spiro atoms. The van der Waals surface area contributed by atoms with Gasteiger partial charge in [0.05, 0.1) is 6.21 Å². The number of hydrogen-bond acceptors (Lipinski definition) is 6. The zero-order valence-electron chi connectivity index (χ0n) is 16.9. The topological polar surface area (TPSA) is 88.1 Å². The Labute approximate surface area is 178 Å². The number of benzene rings is 3. The second-order valence-electron chi connectivity index (χ2n) is 7.19. The van der Waals surface area contributed by atoms with Crippen LogP contribution in [0.1, 0.15) is 16.7 Å². The molecule has 0 amide bonds. The van der Waals surface area contributed by atoms with Gasteiger partial charge in [-0.05, 0) is 30.7 Å². The highest BCUT2D eigenvalue weighted by molar-refractivity contribution is 6.03. The van der Waals surface area contributed by atoms with Crippen molar-refractivity contribution in [3.05, 3.63) is 89.5 Å². The summed E-state index contributed by atoms with van der Waals surface area (Å²) in [6.07, 6.45) is 1.68. The Morgan fingerprint density at radius 2 is 1.77 bits per heavy atom. The van der Waals surface area contributed by atoms with Crippen molar-refractivity contribution >= 4 is 34.2 Å². The number of aromatic nitrogens is 4. The lowest BCUT2D eigenvalue weighted by molar-refractivity contribution is 0.306. The molecule has 0 fully saturated rings. The average molecular weight is 408 g/mol. The van der Waals surface area contributed by atoms with E-state index in [2.05, 4.69) is 61.9 Å². The number of rotatable bonds is 6. The number of anilines is 1. The highest BCUT2D eigenvalue weighted by atomic mass is 16.5. The number of aryl methyl sites for hydroxylation is 1. The van der Waals surface area contributed by atoms with Crippen molar-refractivity contribution in [1.29, 1.82) is 0 Å². The number of hydrazone groups is 1. The van der Waals surface area contributed by atoms with E-state index in [1.807, 2.05) is 48.5 Å². The number of para-hydroxylation sites is 2. The van der Waals surface area contributed by atoms with Crippen LogP contribution in [0.4, 0.5) is 5.95 Å². The van der Waals surface area contributed by atoms with Crippen LogP contribution >= 0.6 is 0 Å². The highest BCUT2D eigenvalue weighted by Gasteiger charge is 2.08. The van der Waals surface area contributed by atoms with Crippen LogP contribution in [-0.4, -0.2) is 26.4 Å². The summed E-state index contributed by atoms with van der Waals surface area (Å²) < 4.78 is 5.99. The first kappa shape index (κ1) is 18.7. The van der Waals surface area contributed by atoms with E-state index in [0.717, 1.165) is 33.3 Å². The summed E-state index contributed by atoms with van der Waals surface area (Å²) in [5.74, 6) is 1.06. The van der Waals surface area contributed by atoms with Crippen LogP contribution in [0, 0.1) is 6.92 Å². The van der Waals surface area contributed by atoms with Gasteiger partial charge in [-0.25, -0.2) is 5.43 Å². The maximum Gasteiger partial charge on any atom is 0.265 e. The van der Waals surface area contributed by atoms with Gasteiger partial charge in [0, 0.05) is 16.5 Å². The minimum Gasteiger partial charge on any atom is -0.488 e. The summed E-state index contributed by atoms with van der Waals surface area (Å²) in [6.45, 7) is 2.56. The van der Waals surface area contributed by atoms with Crippen LogP contribution in [0.5, 0.6) is 5.75 Å². The first-order chi connectivity index (χ1) is 15.3. The monoisotopic (exact) mass is 408 g/mol. The van der Waals surface area contributed by atoms with E-state index in [9.17, 15) is 0 Å². The summed E-state index contributed by atoms with van der Waals surface area (Å²) >= 11 is 0. The Bertz CT molecular complexity index is 1370. The van der Waals surface area contributed by atoms with Crippen molar-refractivity contribution in [2.45, 2.75) is 13.5 Å². The standard InChI is InChI=1S/C24H20N6O/c1-16-10-12-17(13-11-16)15-31-21-9-5-2-6-18(21)14-25-29-24-27-23-22(28-30-24)19-7-3-4-8-20(19)26-23/h2-14H,15H2,1H3,(H2,26,27,29,30)/b25-14+. The Morgan fingerprint density at radius 1 is 0.968 bits per heavy atom. The highest BCUT2D eigenvalue weighted by Crippen LogP contribution is 2.22. The third kappa shape index (κ3) is 4.06. The number of fused-ring (bicyclic) bond motifs is 3. The molecule has 0 aliphatic heterocycles. The zero-order chi connectivity index (χ0) is 21.0. The first-order valence-electron chi connectivity index (χ1n) is 9.94. The van der Waals surface area contributed by atoms with Gasteiger partial charge in [0.2, 0.25) is 0 Å². The molecule has 2 N–H and O–H groups in total. The van der Waals surface area contributed by atoms with Crippen LogP contribution in [0.2, 0.25) is 0 Å². The fraction of sp³-hybridized carbons (Fsp3) is 0.0833. The van der Waals surface area contributed by atoms with Crippen molar-refractivity contribution in [2.75, 3.05) is 5.43 Å². The molecule has 0 aliphatic carbocycles. The molecule has 3 aromatic carbocycles. The fourth-order valence-corrected chi connectivity index (χ4v) is 3.29. The van der Waals surface area contributed by atoms with E-state index in [-0.39, 0.29) is 0 Å². The maximum atomic E-state index is 5.99. The number of ether oxygens (including phenoxy) is 1. The zero-order valence-corrected chi connectivity index (χ0v) is 16.9. The molecule has 0 radical (unpaired) electrons. The largest absolute Gasteiger partial charge is 0.488 e. The number of hydrogen-bond donors (Lipinski definition) is 2. The molecule has 0 aliphatic rings. The van der Waals surface area contributed by atoms with Crippen molar-refractivity contribution in [1.82, 2.24) is 20.2 Å². The lowest BCUT2D eigenvalue weighted by Gasteiger charge is -2.09. The number of H-pyrrole nitrogens is 1. The van der Waals surface area contributed by atoms with Gasteiger partial charge in [0.25, 0.3) is 5.95 Å². The quantitative estimate of drug-likeness (QED) is 0.310. The van der Waals surface area contributed by atoms with Crippen molar-refractivity contribution < 1.29 is 4.74 Å². The van der Waals surface area contributed by atoms with Crippen LogP contribution < -0.4 is 10.2 Å². The van der Waals surface area contributed by atoms with Gasteiger partial charge < -0.3 is 9.72 Å². The lowest BCUT2D eigenvalue weighted by Crippen LogP contribution is -2.01. The normalized spacial score (nSPS) is 11.4. The molecule has 7 heteroatoms. The van der Waals surface area contributed by atoms with E-state index in [0.29, 0.717) is 18.2 Å². The van der Waals surface area contributed by atoms with Crippen molar-refractivity contribution in [3.8, 4) is 5.75 Å². The SMILES string of the molecule is Cc1ccc(COc2ccccc2/C=N/Nc2nnc3c(n2)[nH]c2ccccc23)cc1. The second-order valence-corrected chi connectivity index (χ2v) is 7.19. The molecule has 0 saturated heterocycles. The van der Waals surface area contributed by atoms with Gasteiger partial charge in [-0.1, -0.05) is 60.2 Å². The predicted molar refractivity (Wildman–Crippen MR) is 122 cm³/mol. The molecular weight excluding hydrogens is 388 g/mol. The van der Waals surface area contributed by atoms with Gasteiger partial charge >= 0.3 is 0 Å². The molecular formula is C24H20N6O. The molecule has 152 valence electrons. The molecule has 31 heavy (non-hydrogen) atoms. The van der Waals surface area contributed by atoms with Crippen LogP contribution in [0.15, 0.2) is 77.9 Å². The minimum absolute atomic E-state index is 0.313. The van der Waals surface area contributed by atoms with Gasteiger partial charge in [-0.3, -0.25) is 0 Å². The predicted octanol–water partition coefficient (Wildman–Crippen LogP) is 4.84. The van der Waals surface area contributed by atoms with Crippen LogP contribution in [0.25, 0.3) is 22.1 Å². The minimum atomic E-state index is 0.313. The Hall–Kier alpha value is -4.26. The molecule has 0 saturated carbocycles. The van der Waals surface area contributed by atoms with E-state index in [1.54, 1.807) is 6.21 Å². The number of aromatic amines is 1. The van der Waals surface area contributed by atoms with Gasteiger partial charge in [-0.2, -0.15) is 10.1 Å². The van der Waals surface area contributed by atoms with Crippen LogP contribution in [0.3, 0.4) is 0 Å². The van der Waals surface area contributed by atoms with Crippen LogP contribution in [-0.2, 0) is 6.61 Å². The van der Waals surface area contributed by atoms with E-state index < -0.39 is 0 Å². The molecule has 0 bridgehead atoms. The average Bonchev–Trinajstić information content (AvgIpc) is 3.17. The summed E-state index contributed by atoms with van der Waals surface area (Å²) in [6, 6.07) is 23.9. The molecule has 0 atom stereocenters.